The summed E-state index contributed by atoms with van der Waals surface area (Å²) in [7, 11) is 3.98. The third-order valence-corrected chi connectivity index (χ3v) is 3.38. The molecular formula is C15H24FNO3. The summed E-state index contributed by atoms with van der Waals surface area (Å²) in [6, 6.07) is 3.40. The predicted octanol–water partition coefficient (Wildman–Crippen LogP) is 2.09. The lowest BCUT2D eigenvalue weighted by molar-refractivity contribution is 0.179. The standard InChI is InChI=1S/C14H20FNO2.CH4O/c1-17-13-10-11(9-12(15)14(13)18-2)5-3-6-16-7-4-8-16;1-2/h9-10H,3-8H2,1-2H3;2H,1H3. The van der Waals surface area contributed by atoms with Gasteiger partial charge in [0.15, 0.2) is 17.3 Å². The van der Waals surface area contributed by atoms with Crippen LogP contribution in [0.2, 0.25) is 0 Å². The van der Waals surface area contributed by atoms with Crippen LogP contribution in [0.25, 0.3) is 0 Å². The lowest BCUT2D eigenvalue weighted by Crippen LogP contribution is -2.37. The van der Waals surface area contributed by atoms with Gasteiger partial charge >= 0.3 is 0 Å². The van der Waals surface area contributed by atoms with Gasteiger partial charge in [0.05, 0.1) is 14.2 Å². The van der Waals surface area contributed by atoms with Crippen LogP contribution in [0.5, 0.6) is 11.5 Å². The fourth-order valence-corrected chi connectivity index (χ4v) is 2.23. The van der Waals surface area contributed by atoms with Crippen molar-refractivity contribution in [2.45, 2.75) is 19.3 Å². The molecule has 0 aliphatic carbocycles. The molecule has 1 aromatic rings. The third kappa shape index (κ3) is 4.35. The highest BCUT2D eigenvalue weighted by Crippen LogP contribution is 2.31. The number of benzene rings is 1. The van der Waals surface area contributed by atoms with Gasteiger partial charge < -0.3 is 19.5 Å². The first-order valence-electron chi connectivity index (χ1n) is 6.82. The Hall–Kier alpha value is -1.33. The maximum atomic E-state index is 13.7. The number of nitrogens with zero attached hydrogens (tertiary/aromatic N) is 1. The number of aliphatic hydroxyl groups is 1. The molecule has 1 heterocycles. The van der Waals surface area contributed by atoms with Crippen LogP contribution in [0.4, 0.5) is 4.39 Å². The van der Waals surface area contributed by atoms with E-state index in [1.807, 2.05) is 6.07 Å². The van der Waals surface area contributed by atoms with E-state index in [1.54, 1.807) is 0 Å². The molecule has 1 aliphatic heterocycles. The highest BCUT2D eigenvalue weighted by atomic mass is 19.1. The molecule has 1 aliphatic rings. The average molecular weight is 285 g/mol. The molecule has 20 heavy (non-hydrogen) atoms. The summed E-state index contributed by atoms with van der Waals surface area (Å²) in [6.45, 7) is 3.51. The second-order valence-corrected chi connectivity index (χ2v) is 4.61. The topological polar surface area (TPSA) is 41.9 Å². The number of hydrogen-bond acceptors (Lipinski definition) is 4. The molecule has 1 N–H and O–H groups in total. The van der Waals surface area contributed by atoms with Gasteiger partial charge in [-0.15, -0.1) is 0 Å². The van der Waals surface area contributed by atoms with Crippen LogP contribution in [0.15, 0.2) is 12.1 Å². The van der Waals surface area contributed by atoms with E-state index in [-0.39, 0.29) is 11.6 Å². The summed E-state index contributed by atoms with van der Waals surface area (Å²) in [6.07, 6.45) is 3.23. The van der Waals surface area contributed by atoms with Gasteiger partial charge in [0.1, 0.15) is 0 Å². The first-order chi connectivity index (χ1) is 9.74. The Morgan fingerprint density at radius 1 is 1.20 bits per heavy atom. The van der Waals surface area contributed by atoms with Crippen LogP contribution in [0, 0.1) is 5.82 Å². The smallest absolute Gasteiger partial charge is 0.196 e. The summed E-state index contributed by atoms with van der Waals surface area (Å²) < 4.78 is 23.9. The van der Waals surface area contributed by atoms with E-state index in [0.717, 1.165) is 32.1 Å². The van der Waals surface area contributed by atoms with E-state index in [0.29, 0.717) is 5.75 Å². The predicted molar refractivity (Wildman–Crippen MR) is 77.0 cm³/mol. The molecular weight excluding hydrogens is 261 g/mol. The van der Waals surface area contributed by atoms with Gasteiger partial charge in [0.25, 0.3) is 0 Å². The zero-order valence-corrected chi connectivity index (χ0v) is 12.5. The number of likely N-dealkylation sites (tertiary alicyclic amines) is 1. The van der Waals surface area contributed by atoms with Crippen LogP contribution in [-0.4, -0.2) is 51.0 Å². The normalized spacial score (nSPS) is 14.1. The van der Waals surface area contributed by atoms with Crippen molar-refractivity contribution >= 4 is 0 Å². The number of hydrogen-bond donors (Lipinski definition) is 1. The molecule has 0 atom stereocenters. The van der Waals surface area contributed by atoms with Crippen molar-refractivity contribution in [3.8, 4) is 11.5 Å². The number of halogens is 1. The number of rotatable bonds is 6. The second kappa shape index (κ2) is 8.76. The minimum Gasteiger partial charge on any atom is -0.493 e. The van der Waals surface area contributed by atoms with Crippen LogP contribution in [0.1, 0.15) is 18.4 Å². The van der Waals surface area contributed by atoms with Gasteiger partial charge in [0, 0.05) is 7.11 Å². The van der Waals surface area contributed by atoms with E-state index in [2.05, 4.69) is 4.90 Å². The van der Waals surface area contributed by atoms with Crippen molar-refractivity contribution in [2.24, 2.45) is 0 Å². The lowest BCUT2D eigenvalue weighted by atomic mass is 10.1. The summed E-state index contributed by atoms with van der Waals surface area (Å²) in [4.78, 5) is 2.41. The molecule has 1 fully saturated rings. The Bertz CT molecular complexity index is 408. The molecule has 1 saturated heterocycles. The summed E-state index contributed by atoms with van der Waals surface area (Å²) in [5, 5.41) is 7.00. The Balaban J connectivity index is 0.000000956. The van der Waals surface area contributed by atoms with Gasteiger partial charge in [-0.25, -0.2) is 4.39 Å². The molecule has 114 valence electrons. The van der Waals surface area contributed by atoms with Gasteiger partial charge in [0.2, 0.25) is 0 Å². The van der Waals surface area contributed by atoms with Crippen molar-refractivity contribution < 1.29 is 19.0 Å². The van der Waals surface area contributed by atoms with E-state index in [4.69, 9.17) is 14.6 Å². The molecule has 0 spiro atoms. The fourth-order valence-electron chi connectivity index (χ4n) is 2.23. The van der Waals surface area contributed by atoms with Gasteiger partial charge in [-0.1, -0.05) is 0 Å². The molecule has 0 unspecified atom stereocenters. The summed E-state index contributed by atoms with van der Waals surface area (Å²) in [5.74, 6) is 0.302. The van der Waals surface area contributed by atoms with E-state index >= 15 is 0 Å². The van der Waals surface area contributed by atoms with Crippen molar-refractivity contribution in [3.63, 3.8) is 0 Å². The summed E-state index contributed by atoms with van der Waals surface area (Å²) >= 11 is 0. The van der Waals surface area contributed by atoms with E-state index in [9.17, 15) is 4.39 Å². The Morgan fingerprint density at radius 3 is 2.40 bits per heavy atom. The van der Waals surface area contributed by atoms with Crippen LogP contribution in [0.3, 0.4) is 0 Å². The number of aryl methyl sites for hydroxylation is 1. The quantitative estimate of drug-likeness (QED) is 0.869. The largest absolute Gasteiger partial charge is 0.493 e. The number of ether oxygens (including phenoxy) is 2. The molecule has 4 nitrogen and oxygen atoms in total. The highest BCUT2D eigenvalue weighted by molar-refractivity contribution is 5.44. The first-order valence-corrected chi connectivity index (χ1v) is 6.82. The average Bonchev–Trinajstić information content (AvgIpc) is 2.43. The Labute approximate surface area is 120 Å². The Morgan fingerprint density at radius 2 is 1.90 bits per heavy atom. The number of aliphatic hydroxyl groups excluding tert-OH is 1. The number of methoxy groups -OCH3 is 2. The minimum atomic E-state index is -0.351. The molecule has 0 radical (unpaired) electrons. The molecule has 0 aromatic heterocycles. The maximum Gasteiger partial charge on any atom is 0.196 e. The van der Waals surface area contributed by atoms with E-state index < -0.39 is 0 Å². The molecule has 0 amide bonds. The van der Waals surface area contributed by atoms with Gasteiger partial charge in [-0.3, -0.25) is 0 Å². The van der Waals surface area contributed by atoms with Crippen molar-refractivity contribution in [1.29, 1.82) is 0 Å². The van der Waals surface area contributed by atoms with Crippen molar-refractivity contribution in [3.05, 3.63) is 23.5 Å². The fraction of sp³-hybridized carbons (Fsp3) is 0.600. The molecule has 0 bridgehead atoms. The zero-order chi connectivity index (χ0) is 15.0. The molecule has 1 aromatic carbocycles. The lowest BCUT2D eigenvalue weighted by Gasteiger charge is -2.30. The highest BCUT2D eigenvalue weighted by Gasteiger charge is 2.14. The maximum absolute atomic E-state index is 13.7. The zero-order valence-electron chi connectivity index (χ0n) is 12.5. The van der Waals surface area contributed by atoms with Crippen LogP contribution in [-0.2, 0) is 6.42 Å². The van der Waals surface area contributed by atoms with Crippen LogP contribution >= 0.6 is 0 Å². The molecule has 0 saturated carbocycles. The van der Waals surface area contributed by atoms with Crippen molar-refractivity contribution in [1.82, 2.24) is 4.90 Å². The van der Waals surface area contributed by atoms with Crippen LogP contribution < -0.4 is 9.47 Å². The SMILES string of the molecule is CO.COc1cc(CCCN2CCC2)cc(F)c1OC. The molecule has 2 rings (SSSR count). The third-order valence-electron chi connectivity index (χ3n) is 3.38. The van der Waals surface area contributed by atoms with Crippen molar-refractivity contribution in [2.75, 3.05) is 41.0 Å². The second-order valence-electron chi connectivity index (χ2n) is 4.61. The minimum absolute atomic E-state index is 0.184. The van der Waals surface area contributed by atoms with E-state index in [1.165, 1.54) is 39.8 Å². The van der Waals surface area contributed by atoms with Gasteiger partial charge in [-0.05, 0) is 56.6 Å². The summed E-state index contributed by atoms with van der Waals surface area (Å²) in [5.41, 5.74) is 0.964. The van der Waals surface area contributed by atoms with Gasteiger partial charge in [-0.2, -0.15) is 0 Å². The first kappa shape index (κ1) is 16.7. The monoisotopic (exact) mass is 285 g/mol. The Kier molecular flexibility index (Phi) is 7.33. The molecule has 5 heteroatoms.